The van der Waals surface area contributed by atoms with Crippen LogP contribution in [0.3, 0.4) is 0 Å². The third kappa shape index (κ3) is 10.2. The molecule has 13 heterocycles. The maximum absolute atomic E-state index is 2.70. The van der Waals surface area contributed by atoms with E-state index in [2.05, 4.69) is 248 Å². The van der Waals surface area contributed by atoms with E-state index >= 15 is 0 Å². The second-order valence-electron chi connectivity index (χ2n) is 30.2. The molecule has 0 spiro atoms. The Morgan fingerprint density at radius 3 is 0.362 bits per heavy atom. The molecule has 0 amide bonds. The van der Waals surface area contributed by atoms with E-state index in [1.807, 2.05) is 106 Å². The Kier molecular flexibility index (Phi) is 16.0. The van der Waals surface area contributed by atoms with Gasteiger partial charge in [0.1, 0.15) is 0 Å². The molecule has 16 bridgehead atoms. The Morgan fingerprint density at radius 2 is 0.275 bits per heavy atom. The van der Waals surface area contributed by atoms with Crippen LogP contribution in [-0.4, -0.2) is 182 Å². The van der Waals surface area contributed by atoms with Crippen LogP contribution in [0.4, 0.5) is 0 Å². The first-order valence-corrected chi connectivity index (χ1v) is 75.8. The van der Waals surface area contributed by atoms with Crippen LogP contribution in [0.5, 0.6) is 0 Å². The Labute approximate surface area is 564 Å². The number of hydrogen-bond donors (Lipinski definition) is 0. The molecule has 1 aliphatic rings. The summed E-state index contributed by atoms with van der Waals surface area (Å²) >= 11 is 21.5. The zero-order valence-corrected chi connectivity index (χ0v) is 78.8. The molecule has 1 aliphatic heterocycles. The first-order valence-electron chi connectivity index (χ1n) is 27.5. The summed E-state index contributed by atoms with van der Waals surface area (Å²) in [4.78, 5) is 0. The minimum absolute atomic E-state index is 0.339. The maximum atomic E-state index is 2.70. The quantitative estimate of drug-likeness (QED) is 0.134. The first-order chi connectivity index (χ1) is 36.7. The van der Waals surface area contributed by atoms with Crippen LogP contribution in [0.1, 0.15) is 0 Å². The molecule has 12 aromatic heterocycles. The molecule has 0 atom stereocenters. The Bertz CT molecular complexity index is 3730. The van der Waals surface area contributed by atoms with Crippen LogP contribution < -0.4 is 71.7 Å². The summed E-state index contributed by atoms with van der Waals surface area (Å²) in [7, 11) is -13.4. The number of hydrogen-bond acceptors (Lipinski definition) is 8. The van der Waals surface area contributed by atoms with Crippen molar-refractivity contribution in [3.63, 3.8) is 0 Å². The minimum atomic E-state index is -1.68. The van der Waals surface area contributed by atoms with Crippen molar-refractivity contribution in [2.75, 3.05) is 0 Å². The Hall–Kier alpha value is 3.49. The average Bonchev–Trinajstić information content (AvgIpc) is 4.10. The molecular formula is C56H72S8Se8Si8. The van der Waals surface area contributed by atoms with E-state index in [1.54, 1.807) is 37.6 Å². The third-order valence-electron chi connectivity index (χ3n) is 15.0. The van der Waals surface area contributed by atoms with Gasteiger partial charge >= 0.3 is 574 Å². The Morgan fingerprint density at radius 1 is 0.175 bits per heavy atom. The van der Waals surface area contributed by atoms with Crippen molar-refractivity contribution in [1.82, 2.24) is 0 Å². The van der Waals surface area contributed by atoms with Crippen molar-refractivity contribution < 1.29 is 0 Å². The molecule has 0 saturated carbocycles. The van der Waals surface area contributed by atoms with Crippen molar-refractivity contribution >= 4 is 417 Å². The van der Waals surface area contributed by atoms with E-state index in [0.29, 0.717) is 118 Å². The molecular weight excluding hydrogens is 1790 g/mol. The summed E-state index contributed by atoms with van der Waals surface area (Å²) in [6, 6.07) is 0. The van der Waals surface area contributed by atoms with E-state index in [-0.39, 0.29) is 0 Å². The number of fused-ring (bicyclic) bond motifs is 8. The van der Waals surface area contributed by atoms with Crippen molar-refractivity contribution in [2.45, 2.75) is 157 Å². The first kappa shape index (κ1) is 62.3. The van der Waals surface area contributed by atoms with E-state index in [1.165, 1.54) is 0 Å². The van der Waals surface area contributed by atoms with Crippen LogP contribution in [0.2, 0.25) is 157 Å². The number of rotatable bonds is 8. The van der Waals surface area contributed by atoms with Gasteiger partial charge in [-0.25, -0.2) is 0 Å². The summed E-state index contributed by atoms with van der Waals surface area (Å²) in [6.07, 6.45) is 0. The fraction of sp³-hybridized carbons (Fsp3) is 0.429. The molecule has 0 aromatic carbocycles. The van der Waals surface area contributed by atoms with Gasteiger partial charge in [0.05, 0.1) is 0 Å². The van der Waals surface area contributed by atoms with Crippen LogP contribution in [0.25, 0.3) is 71.7 Å². The predicted octanol–water partition coefficient (Wildman–Crippen LogP) is 8.93. The van der Waals surface area contributed by atoms with Gasteiger partial charge in [-0.3, -0.25) is 0 Å². The van der Waals surface area contributed by atoms with Crippen LogP contribution in [0, 0.1) is 0 Å². The summed E-state index contributed by atoms with van der Waals surface area (Å²) in [5.41, 5.74) is 0. The fourth-order valence-electron chi connectivity index (χ4n) is 11.6. The van der Waals surface area contributed by atoms with Gasteiger partial charge in [0.15, 0.2) is 0 Å². The molecule has 0 aliphatic carbocycles. The second kappa shape index (κ2) is 20.5. The number of thiophene rings is 8. The molecule has 0 N–H and O–H groups in total. The summed E-state index contributed by atoms with van der Waals surface area (Å²) in [5, 5.41) is 15.2. The zero-order chi connectivity index (χ0) is 57.8. The molecule has 0 radical (unpaired) electrons. The van der Waals surface area contributed by atoms with E-state index in [9.17, 15) is 0 Å². The van der Waals surface area contributed by atoms with E-state index in [0.717, 1.165) is 0 Å². The summed E-state index contributed by atoms with van der Waals surface area (Å²) in [6.45, 7) is 64.9. The zero-order valence-electron chi connectivity index (χ0n) is 50.5. The van der Waals surface area contributed by atoms with Crippen molar-refractivity contribution in [3.8, 4) is 0 Å². The molecule has 13 rings (SSSR count). The van der Waals surface area contributed by atoms with Gasteiger partial charge in [-0.05, 0) is 0 Å². The van der Waals surface area contributed by atoms with Gasteiger partial charge in [0, 0.05) is 0 Å². The van der Waals surface area contributed by atoms with Crippen LogP contribution in [-0.2, 0) is 0 Å². The standard InChI is InChI=1S/C56H72S8Se8Si8/c1-73(2,3)41-33-25-26-34(65-33)42(74(4,5)6)51(58-26)70-52-45(77(13,14)15)37-29(61-52)30-38(67-37)47(79(19,20)21)55(62-30)72-56-48(80(22,23)24)40-32(64-56)31-39(68-40)46(78(16,17)18)54(63-31)71-53-44(76(10,11)12)36-28(60-53)27-35(66-36)43(75(7,8)9)50(59-27)69-49(41)57-25/h1-24H3. The molecule has 80 heavy (non-hydrogen) atoms. The monoisotopic (exact) mass is 1860 g/mol. The fourth-order valence-corrected chi connectivity index (χ4v) is 108. The molecule has 424 valence electrons. The van der Waals surface area contributed by atoms with Gasteiger partial charge in [-0.15, -0.1) is 0 Å². The van der Waals surface area contributed by atoms with Gasteiger partial charge < -0.3 is 0 Å². The van der Waals surface area contributed by atoms with Gasteiger partial charge in [-0.2, -0.15) is 0 Å². The topological polar surface area (TPSA) is 0 Å². The molecule has 0 saturated heterocycles. The van der Waals surface area contributed by atoms with Gasteiger partial charge in [0.2, 0.25) is 0 Å². The predicted molar refractivity (Wildman–Crippen MR) is 421 cm³/mol. The van der Waals surface area contributed by atoms with Crippen LogP contribution in [0.15, 0.2) is 0 Å². The van der Waals surface area contributed by atoms with Gasteiger partial charge in [0.25, 0.3) is 0 Å². The normalized spacial score (nSPS) is 15.3. The van der Waals surface area contributed by atoms with E-state index in [4.69, 9.17) is 0 Å². The van der Waals surface area contributed by atoms with E-state index < -0.39 is 64.6 Å². The Balaban J connectivity index is 1.12. The van der Waals surface area contributed by atoms with Crippen molar-refractivity contribution in [3.05, 3.63) is 0 Å². The van der Waals surface area contributed by atoms with Crippen molar-refractivity contribution in [1.29, 1.82) is 0 Å². The van der Waals surface area contributed by atoms with Crippen molar-refractivity contribution in [2.24, 2.45) is 0 Å². The molecule has 24 heteroatoms. The summed E-state index contributed by atoms with van der Waals surface area (Å²) in [5.74, 6) is 0. The average molecular weight is 1860 g/mol. The molecule has 12 aromatic rings. The third-order valence-corrected chi connectivity index (χ3v) is 74.3. The SMILES string of the molecule is C[Si](C)(C)c1c2sc3c1[se]c1c([Si](C)(C)C)c(sc13)[Se]c1sc3c([se]c4c([Si](C)(C)C)c(sc43)[Se]c3sc4c([se]c5c([Si](C)(C)C)c(sc54)[Se]c4sc5c([se]c6c([Si](C)(C)C)c(sc65)[Se]2)c4[Si](C)(C)C)c3[Si](C)(C)C)c1[Si](C)(C)C. The molecule has 0 nitrogen and oxygen atoms in total. The molecule has 0 fully saturated rings. The second-order valence-corrected chi connectivity index (χ2v) is 100. The van der Waals surface area contributed by atoms with Gasteiger partial charge in [-0.1, -0.05) is 0 Å². The molecule has 0 unspecified atom stereocenters. The van der Waals surface area contributed by atoms with Crippen LogP contribution >= 0.6 is 90.7 Å². The summed E-state index contributed by atoms with van der Waals surface area (Å²) < 4.78 is 43.4.